The monoisotopic (exact) mass is 272 g/mol. The largest absolute Gasteiger partial charge is 0.436 e. The number of aromatic nitrogens is 1. The third-order valence-corrected chi connectivity index (χ3v) is 3.41. The molecule has 0 saturated heterocycles. The van der Waals surface area contributed by atoms with E-state index >= 15 is 0 Å². The summed E-state index contributed by atoms with van der Waals surface area (Å²) in [7, 11) is 0. The first-order chi connectivity index (χ1) is 9.04. The number of hydrogen-bond donors (Lipinski definition) is 1. The first-order valence-corrected chi connectivity index (χ1v) is 6.35. The third-order valence-electron chi connectivity index (χ3n) is 3.06. The molecule has 0 aliphatic heterocycles. The van der Waals surface area contributed by atoms with Gasteiger partial charge >= 0.3 is 0 Å². The van der Waals surface area contributed by atoms with Crippen LogP contribution >= 0.6 is 11.6 Å². The van der Waals surface area contributed by atoms with Gasteiger partial charge in [-0.3, -0.25) is 0 Å². The second-order valence-electron chi connectivity index (χ2n) is 4.69. The number of nitrogens with two attached hydrogens (primary N) is 1. The molecule has 3 nitrogen and oxygen atoms in total. The van der Waals surface area contributed by atoms with E-state index in [0.717, 1.165) is 22.2 Å². The lowest BCUT2D eigenvalue weighted by atomic mass is 10.1. The van der Waals surface area contributed by atoms with E-state index < -0.39 is 0 Å². The van der Waals surface area contributed by atoms with Gasteiger partial charge in [0, 0.05) is 5.56 Å². The molecule has 19 heavy (non-hydrogen) atoms. The van der Waals surface area contributed by atoms with Gasteiger partial charge in [0.1, 0.15) is 5.52 Å². The van der Waals surface area contributed by atoms with Gasteiger partial charge < -0.3 is 10.2 Å². The van der Waals surface area contributed by atoms with Crippen molar-refractivity contribution in [3.05, 3.63) is 46.5 Å². The Hall–Kier alpha value is -2.00. The molecule has 1 heterocycles. The van der Waals surface area contributed by atoms with Crippen LogP contribution in [0.15, 0.2) is 34.7 Å². The molecule has 3 aromatic rings. The summed E-state index contributed by atoms with van der Waals surface area (Å²) in [5.41, 5.74) is 11.1. The second-order valence-corrected chi connectivity index (χ2v) is 5.09. The van der Waals surface area contributed by atoms with Crippen molar-refractivity contribution in [3.8, 4) is 11.5 Å². The van der Waals surface area contributed by atoms with Gasteiger partial charge in [-0.15, -0.1) is 0 Å². The van der Waals surface area contributed by atoms with E-state index in [4.69, 9.17) is 21.8 Å². The van der Waals surface area contributed by atoms with Gasteiger partial charge in [-0.05, 0) is 49.2 Å². The Morgan fingerprint density at radius 3 is 2.68 bits per heavy atom. The molecule has 0 unspecified atom stereocenters. The highest BCUT2D eigenvalue weighted by Crippen LogP contribution is 2.30. The zero-order valence-corrected chi connectivity index (χ0v) is 11.5. The van der Waals surface area contributed by atoms with Crippen molar-refractivity contribution in [1.82, 2.24) is 4.98 Å². The summed E-state index contributed by atoms with van der Waals surface area (Å²) in [4.78, 5) is 4.51. The minimum absolute atomic E-state index is 0.523. The van der Waals surface area contributed by atoms with Crippen molar-refractivity contribution in [2.75, 3.05) is 5.73 Å². The number of oxazole rings is 1. The predicted molar refractivity (Wildman–Crippen MR) is 78.3 cm³/mol. The molecule has 1 aromatic heterocycles. The Bertz CT molecular complexity index is 777. The van der Waals surface area contributed by atoms with Crippen LogP contribution in [0.3, 0.4) is 0 Å². The predicted octanol–water partition coefficient (Wildman–Crippen LogP) is 4.35. The summed E-state index contributed by atoms with van der Waals surface area (Å²) in [5, 5.41) is 0.534. The Kier molecular flexibility index (Phi) is 2.72. The van der Waals surface area contributed by atoms with Crippen molar-refractivity contribution in [1.29, 1.82) is 0 Å². The lowest BCUT2D eigenvalue weighted by Gasteiger charge is -1.99. The first kappa shape index (κ1) is 12.1. The lowest BCUT2D eigenvalue weighted by Crippen LogP contribution is -1.87. The van der Waals surface area contributed by atoms with E-state index in [-0.39, 0.29) is 0 Å². The fraction of sp³-hybridized carbons (Fsp3) is 0.133. The molecular weight excluding hydrogens is 260 g/mol. The Balaban J connectivity index is 2.20. The smallest absolute Gasteiger partial charge is 0.227 e. The van der Waals surface area contributed by atoms with E-state index in [9.17, 15) is 0 Å². The summed E-state index contributed by atoms with van der Waals surface area (Å²) >= 11 is 5.92. The summed E-state index contributed by atoms with van der Waals surface area (Å²) < 4.78 is 5.82. The fourth-order valence-electron chi connectivity index (χ4n) is 2.18. The molecular formula is C15H13ClN2O. The first-order valence-electron chi connectivity index (χ1n) is 5.98. The second kappa shape index (κ2) is 4.28. The number of rotatable bonds is 1. The van der Waals surface area contributed by atoms with Gasteiger partial charge in [0.2, 0.25) is 5.89 Å². The molecule has 0 spiro atoms. The molecule has 96 valence electrons. The molecule has 0 fully saturated rings. The lowest BCUT2D eigenvalue weighted by molar-refractivity contribution is 0.617. The molecule has 0 saturated carbocycles. The minimum Gasteiger partial charge on any atom is -0.436 e. The number of halogens is 1. The number of benzene rings is 2. The van der Waals surface area contributed by atoms with Gasteiger partial charge in [0.05, 0.1) is 10.7 Å². The van der Waals surface area contributed by atoms with Gasteiger partial charge in [-0.25, -0.2) is 4.98 Å². The number of fused-ring (bicyclic) bond motifs is 1. The minimum atomic E-state index is 0.523. The van der Waals surface area contributed by atoms with Crippen LogP contribution < -0.4 is 5.73 Å². The molecule has 0 bridgehead atoms. The van der Waals surface area contributed by atoms with Gasteiger partial charge in [-0.1, -0.05) is 17.7 Å². The third kappa shape index (κ3) is 2.06. The van der Waals surface area contributed by atoms with E-state index in [1.54, 1.807) is 12.1 Å². The zero-order chi connectivity index (χ0) is 13.6. The molecule has 0 aliphatic carbocycles. The molecule has 0 radical (unpaired) electrons. The van der Waals surface area contributed by atoms with Crippen molar-refractivity contribution < 1.29 is 4.42 Å². The average Bonchev–Trinajstić information content (AvgIpc) is 2.76. The number of hydrogen-bond acceptors (Lipinski definition) is 3. The maximum atomic E-state index is 5.92. The highest BCUT2D eigenvalue weighted by atomic mass is 35.5. The Labute approximate surface area is 116 Å². The van der Waals surface area contributed by atoms with Crippen LogP contribution in [0.25, 0.3) is 22.6 Å². The molecule has 2 N–H and O–H groups in total. The van der Waals surface area contributed by atoms with Gasteiger partial charge in [0.15, 0.2) is 5.58 Å². The average molecular weight is 273 g/mol. The van der Waals surface area contributed by atoms with Crippen molar-refractivity contribution >= 4 is 28.4 Å². The molecule has 3 rings (SSSR count). The normalized spacial score (nSPS) is 11.1. The number of anilines is 1. The van der Waals surface area contributed by atoms with Gasteiger partial charge in [-0.2, -0.15) is 0 Å². The topological polar surface area (TPSA) is 52.0 Å². The van der Waals surface area contributed by atoms with Crippen LogP contribution in [-0.2, 0) is 0 Å². The standard InChI is InChI=1S/C15H13ClN2O/c1-8-5-9(2)14-13(6-8)18-15(19-14)10-3-4-11(16)12(17)7-10/h3-7H,17H2,1-2H3. The van der Waals surface area contributed by atoms with Crippen LogP contribution in [0, 0.1) is 13.8 Å². The quantitative estimate of drug-likeness (QED) is 0.670. The highest BCUT2D eigenvalue weighted by molar-refractivity contribution is 6.33. The Morgan fingerprint density at radius 2 is 1.95 bits per heavy atom. The summed E-state index contributed by atoms with van der Waals surface area (Å²) in [6, 6.07) is 9.46. The van der Waals surface area contributed by atoms with Crippen LogP contribution in [0.4, 0.5) is 5.69 Å². The molecule has 0 amide bonds. The number of nitrogen functional groups attached to an aromatic ring is 1. The van der Waals surface area contributed by atoms with E-state index in [1.165, 1.54) is 5.56 Å². The van der Waals surface area contributed by atoms with Crippen LogP contribution in [0.5, 0.6) is 0 Å². The van der Waals surface area contributed by atoms with Crippen molar-refractivity contribution in [2.45, 2.75) is 13.8 Å². The number of nitrogens with zero attached hydrogens (tertiary/aromatic N) is 1. The molecule has 0 atom stereocenters. The molecule has 2 aromatic carbocycles. The zero-order valence-electron chi connectivity index (χ0n) is 10.7. The maximum Gasteiger partial charge on any atom is 0.227 e. The van der Waals surface area contributed by atoms with Crippen LogP contribution in [0.2, 0.25) is 5.02 Å². The van der Waals surface area contributed by atoms with Crippen LogP contribution in [0.1, 0.15) is 11.1 Å². The molecule has 4 heteroatoms. The SMILES string of the molecule is Cc1cc(C)c2oc(-c3ccc(Cl)c(N)c3)nc2c1. The Morgan fingerprint density at radius 1 is 1.16 bits per heavy atom. The van der Waals surface area contributed by atoms with E-state index in [1.807, 2.05) is 26.0 Å². The van der Waals surface area contributed by atoms with Gasteiger partial charge in [0.25, 0.3) is 0 Å². The summed E-state index contributed by atoms with van der Waals surface area (Å²) in [5.74, 6) is 0.562. The number of aryl methyl sites for hydroxylation is 2. The molecule has 0 aliphatic rings. The van der Waals surface area contributed by atoms with E-state index in [2.05, 4.69) is 11.1 Å². The maximum absolute atomic E-state index is 5.92. The highest BCUT2D eigenvalue weighted by Gasteiger charge is 2.11. The van der Waals surface area contributed by atoms with E-state index in [0.29, 0.717) is 16.6 Å². The van der Waals surface area contributed by atoms with Crippen molar-refractivity contribution in [3.63, 3.8) is 0 Å². The fourth-order valence-corrected chi connectivity index (χ4v) is 2.29. The summed E-state index contributed by atoms with van der Waals surface area (Å²) in [6.45, 7) is 4.06. The van der Waals surface area contributed by atoms with Crippen LogP contribution in [-0.4, -0.2) is 4.98 Å². The van der Waals surface area contributed by atoms with Crippen molar-refractivity contribution in [2.24, 2.45) is 0 Å². The summed E-state index contributed by atoms with van der Waals surface area (Å²) in [6.07, 6.45) is 0.